The summed E-state index contributed by atoms with van der Waals surface area (Å²) in [6, 6.07) is 0. The first-order chi connectivity index (χ1) is 6.68. The number of hydrogen-bond acceptors (Lipinski definition) is 6. The lowest BCUT2D eigenvalue weighted by molar-refractivity contribution is 0.0498. The molecule has 0 saturated heterocycles. The van der Waals surface area contributed by atoms with Gasteiger partial charge in [0.1, 0.15) is 0 Å². The van der Waals surface area contributed by atoms with E-state index in [1.54, 1.807) is 7.11 Å². The van der Waals surface area contributed by atoms with Gasteiger partial charge in [0.25, 0.3) is 0 Å². The van der Waals surface area contributed by atoms with Gasteiger partial charge < -0.3 is 9.47 Å². The fourth-order valence-corrected chi connectivity index (χ4v) is 1.40. The Balaban J connectivity index is 3.39. The number of hydrogen-bond donors (Lipinski definition) is 0. The lowest BCUT2D eigenvalue weighted by Crippen LogP contribution is -2.07. The number of ether oxygens (including phenoxy) is 2. The average Bonchev–Trinajstić information content (AvgIpc) is 2.23. The van der Waals surface area contributed by atoms with Crippen molar-refractivity contribution in [3.63, 3.8) is 0 Å². The summed E-state index contributed by atoms with van der Waals surface area (Å²) in [5.74, 6) is 0. The highest BCUT2D eigenvalue weighted by atomic mass is 35.5. The molecule has 0 radical (unpaired) electrons. The zero-order valence-electron chi connectivity index (χ0n) is 7.48. The summed E-state index contributed by atoms with van der Waals surface area (Å²) in [5, 5.41) is 0. The molecule has 0 rings (SSSR count). The maximum absolute atomic E-state index is 11.0. The molecule has 86 valence electrons. The van der Waals surface area contributed by atoms with Crippen LogP contribution < -0.4 is 0 Å². The number of methoxy groups -OCH3 is 1. The van der Waals surface area contributed by atoms with Crippen LogP contribution in [0.5, 0.6) is 0 Å². The van der Waals surface area contributed by atoms with E-state index in [1.807, 2.05) is 0 Å². The largest absolute Gasteiger partial charge is 0.507 e. The second-order valence-corrected chi connectivity index (χ2v) is 4.28. The molecule has 0 heterocycles. The van der Waals surface area contributed by atoms with Crippen LogP contribution in [0.3, 0.4) is 0 Å². The van der Waals surface area contributed by atoms with E-state index in [9.17, 15) is 4.57 Å². The Labute approximate surface area is 92.3 Å². The Morgan fingerprint density at radius 3 is 2.14 bits per heavy atom. The molecule has 0 aromatic carbocycles. The van der Waals surface area contributed by atoms with E-state index < -0.39 is 7.82 Å². The van der Waals surface area contributed by atoms with Crippen LogP contribution >= 0.6 is 31.6 Å². The minimum atomic E-state index is -3.82. The highest BCUT2D eigenvalue weighted by Gasteiger charge is 2.26. The first-order valence-corrected chi connectivity index (χ1v) is 5.68. The predicted octanol–water partition coefficient (Wildman–Crippen LogP) is 2.11. The first kappa shape index (κ1) is 14.6. The summed E-state index contributed by atoms with van der Waals surface area (Å²) in [6.07, 6.45) is 0. The minimum Gasteiger partial charge on any atom is -0.382 e. The molecule has 0 spiro atoms. The Kier molecular flexibility index (Phi) is 9.27. The zero-order valence-corrected chi connectivity index (χ0v) is 9.89. The summed E-state index contributed by atoms with van der Waals surface area (Å²) in [6.45, 7) is 1.07. The van der Waals surface area contributed by atoms with Crippen LogP contribution in [0.15, 0.2) is 0 Å². The topological polar surface area (TPSA) is 63.2 Å². The SMILES string of the molecule is COCCOCCOP(=O)(OCl)OCl. The number of phosphoric acid groups is 1. The maximum atomic E-state index is 11.0. The molecule has 14 heavy (non-hydrogen) atoms. The van der Waals surface area contributed by atoms with Crippen LogP contribution in [-0.2, 0) is 26.7 Å². The lowest BCUT2D eigenvalue weighted by Gasteiger charge is -2.09. The molecule has 6 nitrogen and oxygen atoms in total. The predicted molar refractivity (Wildman–Crippen MR) is 50.1 cm³/mol. The second-order valence-electron chi connectivity index (χ2n) is 2.02. The van der Waals surface area contributed by atoms with Crippen LogP contribution in [0, 0.1) is 0 Å². The van der Waals surface area contributed by atoms with E-state index >= 15 is 0 Å². The standard InChI is InChI=1S/C5H11Cl2O6P/c1-9-2-3-10-4-5-11-14(8,12-6)13-7/h2-5H2,1H3. The van der Waals surface area contributed by atoms with Crippen molar-refractivity contribution in [2.24, 2.45) is 0 Å². The summed E-state index contributed by atoms with van der Waals surface area (Å²) in [4.78, 5) is 0. The maximum Gasteiger partial charge on any atom is 0.507 e. The van der Waals surface area contributed by atoms with Crippen molar-refractivity contribution in [1.82, 2.24) is 0 Å². The number of halogens is 2. The number of rotatable bonds is 9. The molecule has 0 saturated carbocycles. The van der Waals surface area contributed by atoms with Crippen molar-refractivity contribution < 1.29 is 26.7 Å². The molecular formula is C5H11Cl2O6P. The van der Waals surface area contributed by atoms with Crippen LogP contribution in [0.2, 0.25) is 0 Å². The summed E-state index contributed by atoms with van der Waals surface area (Å²) >= 11 is 9.63. The van der Waals surface area contributed by atoms with Crippen molar-refractivity contribution in [1.29, 1.82) is 0 Å². The third-order valence-electron chi connectivity index (χ3n) is 1.08. The van der Waals surface area contributed by atoms with E-state index in [2.05, 4.69) is 12.7 Å². The molecule has 0 aromatic rings. The quantitative estimate of drug-likeness (QED) is 0.472. The van der Waals surface area contributed by atoms with Crippen LogP contribution in [-0.4, -0.2) is 33.5 Å². The van der Waals surface area contributed by atoms with E-state index in [0.717, 1.165) is 0 Å². The van der Waals surface area contributed by atoms with Crippen LogP contribution in [0.4, 0.5) is 0 Å². The monoisotopic (exact) mass is 268 g/mol. The molecule has 0 aromatic heterocycles. The normalized spacial score (nSPS) is 11.9. The Hall–Kier alpha value is 0.610. The van der Waals surface area contributed by atoms with Gasteiger partial charge in [-0.1, -0.05) is 0 Å². The lowest BCUT2D eigenvalue weighted by atomic mass is 10.7. The third kappa shape index (κ3) is 6.98. The van der Waals surface area contributed by atoms with Gasteiger partial charge in [0, 0.05) is 7.11 Å². The van der Waals surface area contributed by atoms with Gasteiger partial charge in [0.05, 0.1) is 50.2 Å². The summed E-state index contributed by atoms with van der Waals surface area (Å²) < 4.78 is 33.1. The zero-order chi connectivity index (χ0) is 10.9. The van der Waals surface area contributed by atoms with Gasteiger partial charge in [-0.2, -0.15) is 8.15 Å². The molecule has 0 bridgehead atoms. The van der Waals surface area contributed by atoms with Crippen molar-refractivity contribution in [3.8, 4) is 0 Å². The molecular weight excluding hydrogens is 258 g/mol. The van der Waals surface area contributed by atoms with Crippen LogP contribution in [0.1, 0.15) is 0 Å². The van der Waals surface area contributed by atoms with E-state index in [-0.39, 0.29) is 13.2 Å². The molecule has 0 aliphatic heterocycles. The van der Waals surface area contributed by atoms with Gasteiger partial charge >= 0.3 is 7.82 Å². The molecule has 0 N–H and O–H groups in total. The van der Waals surface area contributed by atoms with Crippen molar-refractivity contribution in [2.45, 2.75) is 0 Å². The molecule has 0 aliphatic carbocycles. The molecule has 0 fully saturated rings. The first-order valence-electron chi connectivity index (χ1n) is 3.60. The van der Waals surface area contributed by atoms with Gasteiger partial charge in [-0.25, -0.2) is 4.57 Å². The molecule has 0 unspecified atom stereocenters. The van der Waals surface area contributed by atoms with Gasteiger partial charge in [-0.15, -0.1) is 0 Å². The van der Waals surface area contributed by atoms with E-state index in [0.29, 0.717) is 13.2 Å². The van der Waals surface area contributed by atoms with Crippen molar-refractivity contribution >= 4 is 31.6 Å². The Morgan fingerprint density at radius 2 is 1.64 bits per heavy atom. The van der Waals surface area contributed by atoms with E-state index in [1.165, 1.54) is 0 Å². The van der Waals surface area contributed by atoms with Crippen LogP contribution in [0.25, 0.3) is 0 Å². The highest BCUT2D eigenvalue weighted by molar-refractivity contribution is 7.50. The van der Waals surface area contributed by atoms with Gasteiger partial charge in [-0.05, 0) is 0 Å². The molecule has 9 heteroatoms. The van der Waals surface area contributed by atoms with E-state index in [4.69, 9.17) is 33.2 Å². The minimum absolute atomic E-state index is 0.0135. The molecule has 0 amide bonds. The highest BCUT2D eigenvalue weighted by Crippen LogP contribution is 2.51. The fraction of sp³-hybridized carbons (Fsp3) is 1.00. The van der Waals surface area contributed by atoms with Gasteiger partial charge in [0.2, 0.25) is 0 Å². The fourth-order valence-electron chi connectivity index (χ4n) is 0.503. The Morgan fingerprint density at radius 1 is 1.07 bits per heavy atom. The summed E-state index contributed by atoms with van der Waals surface area (Å²) in [7, 11) is -2.26. The third-order valence-corrected chi connectivity index (χ3v) is 2.93. The van der Waals surface area contributed by atoms with Gasteiger partial charge in [0.15, 0.2) is 0 Å². The second kappa shape index (κ2) is 8.88. The molecule has 0 atom stereocenters. The van der Waals surface area contributed by atoms with Crippen molar-refractivity contribution in [3.05, 3.63) is 0 Å². The summed E-state index contributed by atoms with van der Waals surface area (Å²) in [5.41, 5.74) is 0. The smallest absolute Gasteiger partial charge is 0.382 e. The molecule has 0 aliphatic rings. The average molecular weight is 269 g/mol. The Bertz CT molecular complexity index is 172. The van der Waals surface area contributed by atoms with Crippen molar-refractivity contribution in [2.75, 3.05) is 33.5 Å². The van der Waals surface area contributed by atoms with Gasteiger partial charge in [-0.3, -0.25) is 4.52 Å².